The molecule has 1 N–H and O–H groups in total. The number of hydrogen-bond acceptors (Lipinski definition) is 3. The van der Waals surface area contributed by atoms with Crippen molar-refractivity contribution in [2.45, 2.75) is 25.9 Å². The molecule has 0 aliphatic carbocycles. The van der Waals surface area contributed by atoms with Crippen LogP contribution in [0.3, 0.4) is 0 Å². The molecule has 1 aromatic carbocycles. The molecule has 94 valence electrons. The number of hydrogen-bond donors (Lipinski definition) is 1. The van der Waals surface area contributed by atoms with Crippen molar-refractivity contribution in [1.29, 1.82) is 0 Å². The third kappa shape index (κ3) is 2.31. The standard InChI is InChI=1S/C15H18N2O/c1-11-10-12-4-2-3-5-14(12)15(17-11)18-13-6-8-16-9-7-13/h2-5,10,13,16H,6-9H2,1H3. The molecule has 0 spiro atoms. The zero-order chi connectivity index (χ0) is 12.4. The second-order valence-corrected chi connectivity index (χ2v) is 4.86. The lowest BCUT2D eigenvalue weighted by Gasteiger charge is -2.24. The van der Waals surface area contributed by atoms with Crippen molar-refractivity contribution >= 4 is 10.8 Å². The SMILES string of the molecule is Cc1cc2ccccc2c(OC2CCNCC2)n1. The minimum Gasteiger partial charge on any atom is -0.474 e. The third-order valence-electron chi connectivity index (χ3n) is 3.40. The van der Waals surface area contributed by atoms with E-state index in [1.807, 2.05) is 13.0 Å². The van der Waals surface area contributed by atoms with Crippen LogP contribution in [0.2, 0.25) is 0 Å². The molecule has 0 saturated carbocycles. The number of benzene rings is 1. The maximum atomic E-state index is 6.10. The van der Waals surface area contributed by atoms with E-state index in [9.17, 15) is 0 Å². The molecule has 0 amide bonds. The van der Waals surface area contributed by atoms with Crippen LogP contribution in [-0.4, -0.2) is 24.2 Å². The molecule has 2 heterocycles. The number of nitrogens with one attached hydrogen (secondary N) is 1. The Bertz CT molecular complexity index is 547. The normalized spacial score (nSPS) is 16.9. The van der Waals surface area contributed by atoms with Crippen molar-refractivity contribution in [2.24, 2.45) is 0 Å². The molecule has 1 saturated heterocycles. The third-order valence-corrected chi connectivity index (χ3v) is 3.40. The molecular weight excluding hydrogens is 224 g/mol. The van der Waals surface area contributed by atoms with E-state index in [-0.39, 0.29) is 0 Å². The molecule has 1 aliphatic rings. The van der Waals surface area contributed by atoms with Crippen LogP contribution in [0, 0.1) is 6.92 Å². The van der Waals surface area contributed by atoms with Crippen molar-refractivity contribution in [1.82, 2.24) is 10.3 Å². The quantitative estimate of drug-likeness (QED) is 0.879. The molecule has 0 bridgehead atoms. The van der Waals surface area contributed by atoms with Crippen molar-refractivity contribution < 1.29 is 4.74 Å². The van der Waals surface area contributed by atoms with E-state index in [1.54, 1.807) is 0 Å². The molecule has 0 unspecified atom stereocenters. The van der Waals surface area contributed by atoms with E-state index in [0.29, 0.717) is 6.10 Å². The highest BCUT2D eigenvalue weighted by Gasteiger charge is 2.16. The molecule has 2 aromatic rings. The number of aromatic nitrogens is 1. The molecule has 3 heteroatoms. The van der Waals surface area contributed by atoms with Crippen molar-refractivity contribution in [2.75, 3.05) is 13.1 Å². The van der Waals surface area contributed by atoms with Gasteiger partial charge < -0.3 is 10.1 Å². The summed E-state index contributed by atoms with van der Waals surface area (Å²) in [6.07, 6.45) is 2.41. The Hall–Kier alpha value is -1.61. The van der Waals surface area contributed by atoms with Crippen LogP contribution >= 0.6 is 0 Å². The number of rotatable bonds is 2. The summed E-state index contributed by atoms with van der Waals surface area (Å²) in [5, 5.41) is 5.66. The zero-order valence-corrected chi connectivity index (χ0v) is 10.6. The second-order valence-electron chi connectivity index (χ2n) is 4.86. The average molecular weight is 242 g/mol. The molecule has 1 aromatic heterocycles. The Balaban J connectivity index is 1.94. The van der Waals surface area contributed by atoms with Gasteiger partial charge in [-0.2, -0.15) is 0 Å². The summed E-state index contributed by atoms with van der Waals surface area (Å²) in [4.78, 5) is 4.55. The van der Waals surface area contributed by atoms with Crippen LogP contribution in [0.15, 0.2) is 30.3 Å². The Morgan fingerprint density at radius 3 is 2.83 bits per heavy atom. The predicted octanol–water partition coefficient (Wildman–Crippen LogP) is 2.67. The van der Waals surface area contributed by atoms with Crippen LogP contribution in [0.25, 0.3) is 10.8 Å². The van der Waals surface area contributed by atoms with Crippen molar-refractivity contribution in [3.8, 4) is 5.88 Å². The van der Waals surface area contributed by atoms with Gasteiger partial charge in [-0.25, -0.2) is 4.98 Å². The maximum absolute atomic E-state index is 6.10. The summed E-state index contributed by atoms with van der Waals surface area (Å²) in [5.41, 5.74) is 1.01. The predicted molar refractivity (Wildman–Crippen MR) is 73.0 cm³/mol. The van der Waals surface area contributed by atoms with Gasteiger partial charge in [-0.3, -0.25) is 0 Å². The van der Waals surface area contributed by atoms with Gasteiger partial charge in [0.2, 0.25) is 5.88 Å². The van der Waals surface area contributed by atoms with E-state index in [4.69, 9.17) is 4.74 Å². The first kappa shape index (κ1) is 11.5. The summed E-state index contributed by atoms with van der Waals surface area (Å²) in [6.45, 7) is 4.09. The number of aryl methyl sites for hydroxylation is 1. The van der Waals surface area contributed by atoms with Gasteiger partial charge >= 0.3 is 0 Å². The fourth-order valence-electron chi connectivity index (χ4n) is 2.46. The highest BCUT2D eigenvalue weighted by atomic mass is 16.5. The number of ether oxygens (including phenoxy) is 1. The smallest absolute Gasteiger partial charge is 0.221 e. The highest BCUT2D eigenvalue weighted by molar-refractivity contribution is 5.87. The van der Waals surface area contributed by atoms with Gasteiger partial charge in [0, 0.05) is 11.1 Å². The fraction of sp³-hybridized carbons (Fsp3) is 0.400. The van der Waals surface area contributed by atoms with E-state index >= 15 is 0 Å². The lowest BCUT2D eigenvalue weighted by atomic mass is 10.1. The van der Waals surface area contributed by atoms with Gasteiger partial charge in [-0.05, 0) is 50.4 Å². The Morgan fingerprint density at radius 1 is 1.22 bits per heavy atom. The molecule has 3 rings (SSSR count). The van der Waals surface area contributed by atoms with Gasteiger partial charge in [-0.15, -0.1) is 0 Å². The summed E-state index contributed by atoms with van der Waals surface area (Å²) >= 11 is 0. The molecular formula is C15H18N2O. The first-order chi connectivity index (χ1) is 8.83. The van der Waals surface area contributed by atoms with Crippen LogP contribution in [0.4, 0.5) is 0 Å². The van der Waals surface area contributed by atoms with Gasteiger partial charge in [0.1, 0.15) is 6.10 Å². The van der Waals surface area contributed by atoms with E-state index in [1.165, 1.54) is 5.39 Å². The molecule has 1 aliphatic heterocycles. The van der Waals surface area contributed by atoms with Crippen LogP contribution in [0.1, 0.15) is 18.5 Å². The minimum atomic E-state index is 0.295. The Morgan fingerprint density at radius 2 is 2.00 bits per heavy atom. The summed E-state index contributed by atoms with van der Waals surface area (Å²) in [6, 6.07) is 10.4. The summed E-state index contributed by atoms with van der Waals surface area (Å²) < 4.78 is 6.10. The van der Waals surface area contributed by atoms with Crippen LogP contribution in [0.5, 0.6) is 5.88 Å². The summed E-state index contributed by atoms with van der Waals surface area (Å²) in [7, 11) is 0. The zero-order valence-electron chi connectivity index (χ0n) is 10.6. The first-order valence-corrected chi connectivity index (χ1v) is 6.57. The lowest BCUT2D eigenvalue weighted by molar-refractivity contribution is 0.158. The van der Waals surface area contributed by atoms with Crippen LogP contribution < -0.4 is 10.1 Å². The minimum absolute atomic E-state index is 0.295. The lowest BCUT2D eigenvalue weighted by Crippen LogP contribution is -2.34. The maximum Gasteiger partial charge on any atom is 0.221 e. The van der Waals surface area contributed by atoms with Gasteiger partial charge in [0.05, 0.1) is 0 Å². The average Bonchev–Trinajstić information content (AvgIpc) is 2.40. The molecule has 0 atom stereocenters. The topological polar surface area (TPSA) is 34.1 Å². The van der Waals surface area contributed by atoms with Crippen molar-refractivity contribution in [3.05, 3.63) is 36.0 Å². The van der Waals surface area contributed by atoms with E-state index in [0.717, 1.165) is 42.9 Å². The molecule has 0 radical (unpaired) electrons. The molecule has 3 nitrogen and oxygen atoms in total. The Labute approximate surface area is 107 Å². The second kappa shape index (κ2) is 4.94. The number of nitrogens with zero attached hydrogens (tertiary/aromatic N) is 1. The highest BCUT2D eigenvalue weighted by Crippen LogP contribution is 2.26. The van der Waals surface area contributed by atoms with E-state index < -0.39 is 0 Å². The van der Waals surface area contributed by atoms with Crippen LogP contribution in [-0.2, 0) is 0 Å². The molecule has 18 heavy (non-hydrogen) atoms. The number of piperidine rings is 1. The van der Waals surface area contributed by atoms with E-state index in [2.05, 4.69) is 34.6 Å². The number of fused-ring (bicyclic) bond motifs is 1. The van der Waals surface area contributed by atoms with Gasteiger partial charge in [-0.1, -0.05) is 18.2 Å². The Kier molecular flexibility index (Phi) is 3.15. The van der Waals surface area contributed by atoms with Gasteiger partial charge in [0.25, 0.3) is 0 Å². The fourth-order valence-corrected chi connectivity index (χ4v) is 2.46. The number of pyridine rings is 1. The van der Waals surface area contributed by atoms with Crippen molar-refractivity contribution in [3.63, 3.8) is 0 Å². The molecule has 1 fully saturated rings. The monoisotopic (exact) mass is 242 g/mol. The summed E-state index contributed by atoms with van der Waals surface area (Å²) in [5.74, 6) is 0.789. The first-order valence-electron chi connectivity index (χ1n) is 6.57. The largest absolute Gasteiger partial charge is 0.474 e. The van der Waals surface area contributed by atoms with Gasteiger partial charge in [0.15, 0.2) is 0 Å².